The second-order valence-corrected chi connectivity index (χ2v) is 4.49. The van der Waals surface area contributed by atoms with E-state index >= 15 is 0 Å². The number of piperazine rings is 1. The summed E-state index contributed by atoms with van der Waals surface area (Å²) in [5.41, 5.74) is 0.467. The van der Waals surface area contributed by atoms with Crippen LogP contribution in [0.2, 0.25) is 5.02 Å². The molecule has 0 unspecified atom stereocenters. The fraction of sp³-hybridized carbons (Fsp3) is 0.333. The van der Waals surface area contributed by atoms with Crippen LogP contribution in [0.4, 0.5) is 4.39 Å². The van der Waals surface area contributed by atoms with Crippen LogP contribution in [-0.4, -0.2) is 36.3 Å². The second kappa shape index (κ2) is 4.94. The van der Waals surface area contributed by atoms with E-state index < -0.39 is 5.82 Å². The number of hydrogen-bond acceptors (Lipinski definition) is 2. The molecule has 0 saturated carbocycles. The van der Waals surface area contributed by atoms with Crippen LogP contribution in [0.3, 0.4) is 0 Å². The Bertz CT molecular complexity index is 519. The summed E-state index contributed by atoms with van der Waals surface area (Å²) in [6, 6.07) is 2.55. The highest BCUT2D eigenvalue weighted by molar-refractivity contribution is 6.34. The topological polar surface area (TPSA) is 49.4 Å². The molecule has 0 atom stereocenters. The van der Waals surface area contributed by atoms with Crippen molar-refractivity contribution < 1.29 is 14.0 Å². The van der Waals surface area contributed by atoms with E-state index in [1.165, 1.54) is 24.0 Å². The Hall–Kier alpha value is -1.62. The van der Waals surface area contributed by atoms with Gasteiger partial charge in [-0.3, -0.25) is 9.59 Å². The molecule has 2 rings (SSSR count). The van der Waals surface area contributed by atoms with Crippen molar-refractivity contribution in [3.8, 4) is 0 Å². The van der Waals surface area contributed by atoms with Gasteiger partial charge in [0.15, 0.2) is 0 Å². The first-order valence-corrected chi connectivity index (χ1v) is 5.89. The highest BCUT2D eigenvalue weighted by atomic mass is 35.5. The van der Waals surface area contributed by atoms with Gasteiger partial charge in [0.1, 0.15) is 5.82 Å². The van der Waals surface area contributed by atoms with Crippen molar-refractivity contribution in [2.24, 2.45) is 0 Å². The third kappa shape index (κ3) is 2.31. The summed E-state index contributed by atoms with van der Waals surface area (Å²) in [6.07, 6.45) is 0. The molecule has 0 radical (unpaired) electrons. The van der Waals surface area contributed by atoms with Crippen LogP contribution >= 0.6 is 11.6 Å². The number of benzene rings is 1. The fourth-order valence-corrected chi connectivity index (χ4v) is 2.04. The Balaban J connectivity index is 2.29. The lowest BCUT2D eigenvalue weighted by molar-refractivity contribution is -0.123. The molecule has 6 heteroatoms. The molecule has 96 valence electrons. The molecule has 0 spiro atoms. The van der Waals surface area contributed by atoms with Gasteiger partial charge in [0, 0.05) is 18.7 Å². The summed E-state index contributed by atoms with van der Waals surface area (Å²) in [5.74, 6) is -1.00. The van der Waals surface area contributed by atoms with Gasteiger partial charge in [-0.25, -0.2) is 4.39 Å². The molecule has 1 N–H and O–H groups in total. The van der Waals surface area contributed by atoms with Crippen molar-refractivity contribution in [3.63, 3.8) is 0 Å². The highest BCUT2D eigenvalue weighted by Gasteiger charge is 2.24. The first-order valence-electron chi connectivity index (χ1n) is 5.51. The summed E-state index contributed by atoms with van der Waals surface area (Å²) in [4.78, 5) is 24.8. The number of carbonyl (C=O) groups is 2. The lowest BCUT2D eigenvalue weighted by Gasteiger charge is -2.27. The Kier molecular flexibility index (Phi) is 3.52. The number of nitrogens with one attached hydrogen (secondary N) is 1. The Morgan fingerprint density at radius 3 is 2.89 bits per heavy atom. The molecule has 1 aliphatic heterocycles. The predicted molar refractivity (Wildman–Crippen MR) is 65.1 cm³/mol. The van der Waals surface area contributed by atoms with Gasteiger partial charge >= 0.3 is 0 Å². The smallest absolute Gasteiger partial charge is 0.255 e. The summed E-state index contributed by atoms with van der Waals surface area (Å²) in [6.45, 7) is 2.36. The largest absolute Gasteiger partial charge is 0.353 e. The third-order valence-electron chi connectivity index (χ3n) is 2.88. The first-order chi connectivity index (χ1) is 8.50. The second-order valence-electron chi connectivity index (χ2n) is 4.11. The molecule has 4 nitrogen and oxygen atoms in total. The van der Waals surface area contributed by atoms with Crippen molar-refractivity contribution in [3.05, 3.63) is 34.1 Å². The molecule has 1 fully saturated rings. The molecule has 1 aliphatic rings. The lowest BCUT2D eigenvalue weighted by Crippen LogP contribution is -2.50. The fourth-order valence-electron chi connectivity index (χ4n) is 1.81. The molecule has 0 aromatic heterocycles. The molecule has 1 heterocycles. The van der Waals surface area contributed by atoms with Crippen molar-refractivity contribution in [2.45, 2.75) is 6.92 Å². The number of hydrogen-bond donors (Lipinski definition) is 1. The molecule has 1 aromatic carbocycles. The van der Waals surface area contributed by atoms with Gasteiger partial charge in [-0.1, -0.05) is 11.6 Å². The SMILES string of the molecule is Cc1c(F)ccc(C(=O)N2CCNC(=O)C2)c1Cl. The standard InChI is InChI=1S/C12H12ClFN2O2/c1-7-9(14)3-2-8(11(7)13)12(18)16-5-4-15-10(17)6-16/h2-3H,4-6H2,1H3,(H,15,17). The molecule has 18 heavy (non-hydrogen) atoms. The van der Waals surface area contributed by atoms with Crippen molar-refractivity contribution in [2.75, 3.05) is 19.6 Å². The minimum absolute atomic E-state index is 0.00554. The molecule has 0 bridgehead atoms. The van der Waals surface area contributed by atoms with Crippen LogP contribution in [0.5, 0.6) is 0 Å². The summed E-state index contributed by atoms with van der Waals surface area (Å²) in [5, 5.41) is 2.73. The van der Waals surface area contributed by atoms with Gasteiger partial charge in [-0.2, -0.15) is 0 Å². The van der Waals surface area contributed by atoms with Gasteiger partial charge in [0.2, 0.25) is 5.91 Å². The Morgan fingerprint density at radius 1 is 1.50 bits per heavy atom. The molecule has 2 amide bonds. The average molecular weight is 271 g/mol. The summed E-state index contributed by atoms with van der Waals surface area (Å²) in [7, 11) is 0. The van der Waals surface area contributed by atoms with E-state index in [2.05, 4.69) is 5.32 Å². The molecular formula is C12H12ClFN2O2. The normalized spacial score (nSPS) is 15.5. The molecular weight excluding hydrogens is 259 g/mol. The van der Waals surface area contributed by atoms with Crippen molar-refractivity contribution in [1.82, 2.24) is 10.2 Å². The minimum atomic E-state index is -0.451. The van der Waals surface area contributed by atoms with Crippen LogP contribution in [0.25, 0.3) is 0 Å². The maximum absolute atomic E-state index is 13.3. The zero-order chi connectivity index (χ0) is 13.3. The molecule has 1 aromatic rings. The van der Waals surface area contributed by atoms with Crippen LogP contribution in [0.15, 0.2) is 12.1 Å². The van der Waals surface area contributed by atoms with Crippen LogP contribution in [0.1, 0.15) is 15.9 Å². The number of carbonyl (C=O) groups excluding carboxylic acids is 2. The van der Waals surface area contributed by atoms with E-state index in [1.54, 1.807) is 0 Å². The van der Waals surface area contributed by atoms with Gasteiger partial charge < -0.3 is 10.2 Å². The predicted octanol–water partition coefficient (Wildman–Crippen LogP) is 1.36. The van der Waals surface area contributed by atoms with Gasteiger partial charge in [-0.15, -0.1) is 0 Å². The summed E-state index contributed by atoms with van der Waals surface area (Å²) >= 11 is 5.96. The van der Waals surface area contributed by atoms with Crippen LogP contribution in [-0.2, 0) is 4.79 Å². The van der Waals surface area contributed by atoms with E-state index in [4.69, 9.17) is 11.6 Å². The number of nitrogens with zero attached hydrogens (tertiary/aromatic N) is 1. The Morgan fingerprint density at radius 2 is 2.22 bits per heavy atom. The quantitative estimate of drug-likeness (QED) is 0.838. The Labute approximate surface area is 109 Å². The minimum Gasteiger partial charge on any atom is -0.353 e. The number of rotatable bonds is 1. The zero-order valence-corrected chi connectivity index (χ0v) is 10.6. The monoisotopic (exact) mass is 270 g/mol. The van der Waals surface area contributed by atoms with Crippen LogP contribution in [0, 0.1) is 12.7 Å². The number of halogens is 2. The van der Waals surface area contributed by atoms with Gasteiger partial charge in [0.25, 0.3) is 5.91 Å². The van der Waals surface area contributed by atoms with Gasteiger partial charge in [0.05, 0.1) is 17.1 Å². The number of amides is 2. The maximum Gasteiger partial charge on any atom is 0.255 e. The van der Waals surface area contributed by atoms with E-state index in [9.17, 15) is 14.0 Å². The first kappa shape index (κ1) is 12.8. The lowest BCUT2D eigenvalue weighted by atomic mass is 10.1. The highest BCUT2D eigenvalue weighted by Crippen LogP contribution is 2.24. The van der Waals surface area contributed by atoms with Crippen molar-refractivity contribution in [1.29, 1.82) is 0 Å². The van der Waals surface area contributed by atoms with Crippen LogP contribution < -0.4 is 5.32 Å². The molecule has 0 aliphatic carbocycles. The zero-order valence-electron chi connectivity index (χ0n) is 9.80. The summed E-state index contributed by atoms with van der Waals surface area (Å²) < 4.78 is 13.3. The third-order valence-corrected chi connectivity index (χ3v) is 3.36. The molecule has 1 saturated heterocycles. The van der Waals surface area contributed by atoms with E-state index in [1.807, 2.05) is 0 Å². The van der Waals surface area contributed by atoms with E-state index in [0.717, 1.165) is 0 Å². The van der Waals surface area contributed by atoms with Gasteiger partial charge in [-0.05, 0) is 19.1 Å². The van der Waals surface area contributed by atoms with E-state index in [-0.39, 0.29) is 34.5 Å². The average Bonchev–Trinajstić information content (AvgIpc) is 2.35. The van der Waals surface area contributed by atoms with Crippen molar-refractivity contribution >= 4 is 23.4 Å². The maximum atomic E-state index is 13.3. The van der Waals surface area contributed by atoms with E-state index in [0.29, 0.717) is 13.1 Å².